The highest BCUT2D eigenvalue weighted by atomic mass is 35.5. The summed E-state index contributed by atoms with van der Waals surface area (Å²) < 4.78 is 0. The number of hydrogen-bond acceptors (Lipinski definition) is 3. The van der Waals surface area contributed by atoms with Gasteiger partial charge in [0.2, 0.25) is 5.91 Å². The molecule has 1 heterocycles. The minimum atomic E-state index is -0.0910. The number of rotatable bonds is 2. The van der Waals surface area contributed by atoms with Crippen LogP contribution >= 0.6 is 11.6 Å². The van der Waals surface area contributed by atoms with Gasteiger partial charge in [0.15, 0.2) is 0 Å². The molecule has 64 valence electrons. The van der Waals surface area contributed by atoms with Gasteiger partial charge in [0.1, 0.15) is 5.15 Å². The van der Waals surface area contributed by atoms with E-state index in [4.69, 9.17) is 11.6 Å². The largest absolute Gasteiger partial charge is 0.351 e. The van der Waals surface area contributed by atoms with Gasteiger partial charge in [0.25, 0.3) is 0 Å². The molecule has 0 aliphatic carbocycles. The van der Waals surface area contributed by atoms with Crippen molar-refractivity contribution in [2.75, 3.05) is 0 Å². The molecule has 0 aliphatic heterocycles. The maximum atomic E-state index is 10.5. The maximum absolute atomic E-state index is 10.5. The van der Waals surface area contributed by atoms with Crippen molar-refractivity contribution in [3.8, 4) is 0 Å². The molecule has 0 atom stereocenters. The molecule has 0 saturated carbocycles. The van der Waals surface area contributed by atoms with Crippen molar-refractivity contribution in [2.24, 2.45) is 0 Å². The summed E-state index contributed by atoms with van der Waals surface area (Å²) in [6.07, 6.45) is 2.97. The minimum absolute atomic E-state index is 0.0910. The lowest BCUT2D eigenvalue weighted by molar-refractivity contribution is -0.119. The number of carbonyl (C=O) groups is 1. The number of amides is 1. The van der Waals surface area contributed by atoms with Gasteiger partial charge in [-0.3, -0.25) is 9.78 Å². The summed E-state index contributed by atoms with van der Waals surface area (Å²) in [5.74, 6) is -0.0910. The summed E-state index contributed by atoms with van der Waals surface area (Å²) >= 11 is 5.51. The van der Waals surface area contributed by atoms with Gasteiger partial charge >= 0.3 is 0 Å². The maximum Gasteiger partial charge on any atom is 0.217 e. The van der Waals surface area contributed by atoms with Crippen LogP contribution in [0.25, 0.3) is 0 Å². The second kappa shape index (κ2) is 4.01. The van der Waals surface area contributed by atoms with Crippen molar-refractivity contribution >= 4 is 17.5 Å². The van der Waals surface area contributed by atoms with Crippen LogP contribution in [0.2, 0.25) is 5.15 Å². The van der Waals surface area contributed by atoms with E-state index in [2.05, 4.69) is 15.3 Å². The molecule has 0 saturated heterocycles. The molecule has 0 aromatic carbocycles. The summed E-state index contributed by atoms with van der Waals surface area (Å²) in [5.41, 5.74) is 0.689. The molecule has 0 fully saturated rings. The van der Waals surface area contributed by atoms with Crippen LogP contribution in [0, 0.1) is 0 Å². The Morgan fingerprint density at radius 2 is 2.33 bits per heavy atom. The molecule has 1 aromatic rings. The van der Waals surface area contributed by atoms with E-state index in [-0.39, 0.29) is 5.91 Å². The molecular weight excluding hydrogens is 178 g/mol. The van der Waals surface area contributed by atoms with Gasteiger partial charge in [-0.1, -0.05) is 11.6 Å². The number of nitrogens with one attached hydrogen (secondary N) is 1. The van der Waals surface area contributed by atoms with Gasteiger partial charge in [0.05, 0.1) is 24.6 Å². The number of nitrogens with zero attached hydrogens (tertiary/aromatic N) is 2. The molecule has 1 rings (SSSR count). The van der Waals surface area contributed by atoms with Crippen LogP contribution in [0.1, 0.15) is 12.6 Å². The lowest BCUT2D eigenvalue weighted by Gasteiger charge is -1.99. The number of aromatic nitrogens is 2. The van der Waals surface area contributed by atoms with E-state index in [0.717, 1.165) is 0 Å². The molecule has 5 heteroatoms. The normalized spacial score (nSPS) is 9.50. The van der Waals surface area contributed by atoms with Crippen LogP contribution in [0.5, 0.6) is 0 Å². The third-order valence-corrected chi connectivity index (χ3v) is 1.39. The Morgan fingerprint density at radius 3 is 2.83 bits per heavy atom. The zero-order valence-electron chi connectivity index (χ0n) is 6.54. The highest BCUT2D eigenvalue weighted by molar-refractivity contribution is 6.29. The number of halogens is 1. The minimum Gasteiger partial charge on any atom is -0.351 e. The van der Waals surface area contributed by atoms with E-state index in [0.29, 0.717) is 17.4 Å². The highest BCUT2D eigenvalue weighted by Gasteiger charge is 1.96. The lowest BCUT2D eigenvalue weighted by Crippen LogP contribution is -2.19. The van der Waals surface area contributed by atoms with Gasteiger partial charge in [-0.05, 0) is 0 Å². The molecule has 12 heavy (non-hydrogen) atoms. The molecule has 1 amide bonds. The number of hydrogen-bond donors (Lipinski definition) is 1. The summed E-state index contributed by atoms with van der Waals surface area (Å²) in [5, 5.41) is 2.95. The summed E-state index contributed by atoms with van der Waals surface area (Å²) in [6, 6.07) is 0. The molecule has 0 unspecified atom stereocenters. The zero-order chi connectivity index (χ0) is 8.97. The van der Waals surface area contributed by atoms with E-state index in [1.165, 1.54) is 19.3 Å². The quantitative estimate of drug-likeness (QED) is 0.741. The first-order valence-electron chi connectivity index (χ1n) is 3.39. The van der Waals surface area contributed by atoms with Gasteiger partial charge in [-0.25, -0.2) is 4.98 Å². The molecule has 0 spiro atoms. The first kappa shape index (κ1) is 8.93. The van der Waals surface area contributed by atoms with Crippen molar-refractivity contribution in [3.05, 3.63) is 23.2 Å². The predicted molar refractivity (Wildman–Crippen MR) is 44.6 cm³/mol. The average molecular weight is 186 g/mol. The molecule has 0 radical (unpaired) electrons. The SMILES string of the molecule is CC(=O)NCc1cnc(Cl)cn1. The third kappa shape index (κ3) is 2.84. The Hall–Kier alpha value is -1.16. The molecule has 0 bridgehead atoms. The lowest BCUT2D eigenvalue weighted by atomic mass is 10.4. The Kier molecular flexibility index (Phi) is 2.99. The first-order chi connectivity index (χ1) is 5.68. The van der Waals surface area contributed by atoms with E-state index in [1.54, 1.807) is 0 Å². The van der Waals surface area contributed by atoms with Crippen molar-refractivity contribution in [1.29, 1.82) is 0 Å². The van der Waals surface area contributed by atoms with Gasteiger partial charge < -0.3 is 5.32 Å². The Labute approximate surface area is 75.0 Å². The van der Waals surface area contributed by atoms with E-state index < -0.39 is 0 Å². The fourth-order valence-electron chi connectivity index (χ4n) is 0.645. The topological polar surface area (TPSA) is 54.9 Å². The van der Waals surface area contributed by atoms with E-state index in [9.17, 15) is 4.79 Å². The van der Waals surface area contributed by atoms with Gasteiger partial charge in [0, 0.05) is 6.92 Å². The summed E-state index contributed by atoms with van der Waals surface area (Å²) in [4.78, 5) is 18.2. The van der Waals surface area contributed by atoms with Crippen LogP contribution in [-0.4, -0.2) is 15.9 Å². The second-order valence-electron chi connectivity index (χ2n) is 2.24. The molecular formula is C7H8ClN3O. The third-order valence-electron chi connectivity index (χ3n) is 1.19. The van der Waals surface area contributed by atoms with E-state index in [1.807, 2.05) is 0 Å². The van der Waals surface area contributed by atoms with Crippen LogP contribution < -0.4 is 5.32 Å². The van der Waals surface area contributed by atoms with Crippen LogP contribution in [0.4, 0.5) is 0 Å². The predicted octanol–water partition coefficient (Wildman–Crippen LogP) is 0.766. The zero-order valence-corrected chi connectivity index (χ0v) is 7.30. The van der Waals surface area contributed by atoms with Crippen molar-refractivity contribution < 1.29 is 4.79 Å². The van der Waals surface area contributed by atoms with Crippen molar-refractivity contribution in [1.82, 2.24) is 15.3 Å². The van der Waals surface area contributed by atoms with Crippen LogP contribution in [0.3, 0.4) is 0 Å². The van der Waals surface area contributed by atoms with Crippen molar-refractivity contribution in [3.63, 3.8) is 0 Å². The summed E-state index contributed by atoms with van der Waals surface area (Å²) in [6.45, 7) is 1.84. The van der Waals surface area contributed by atoms with Crippen LogP contribution in [0.15, 0.2) is 12.4 Å². The number of carbonyl (C=O) groups excluding carboxylic acids is 1. The Balaban J connectivity index is 2.53. The van der Waals surface area contributed by atoms with Crippen LogP contribution in [-0.2, 0) is 11.3 Å². The van der Waals surface area contributed by atoms with Gasteiger partial charge in [-0.15, -0.1) is 0 Å². The smallest absolute Gasteiger partial charge is 0.217 e. The highest BCUT2D eigenvalue weighted by Crippen LogP contribution is 2.00. The standard InChI is InChI=1S/C7H8ClN3O/c1-5(12)9-2-6-3-11-7(8)4-10-6/h3-4H,2H2,1H3,(H,9,12). The van der Waals surface area contributed by atoms with Crippen molar-refractivity contribution in [2.45, 2.75) is 13.5 Å². The molecule has 1 N–H and O–H groups in total. The van der Waals surface area contributed by atoms with Gasteiger partial charge in [-0.2, -0.15) is 0 Å². The molecule has 4 nitrogen and oxygen atoms in total. The monoisotopic (exact) mass is 185 g/mol. The van der Waals surface area contributed by atoms with E-state index >= 15 is 0 Å². The molecule has 1 aromatic heterocycles. The first-order valence-corrected chi connectivity index (χ1v) is 3.77. The Morgan fingerprint density at radius 1 is 1.58 bits per heavy atom. The fourth-order valence-corrected chi connectivity index (χ4v) is 0.743. The average Bonchev–Trinajstić information content (AvgIpc) is 2.03. The Bertz CT molecular complexity index is 272. The fraction of sp³-hybridized carbons (Fsp3) is 0.286. The second-order valence-corrected chi connectivity index (χ2v) is 2.63. The molecule has 0 aliphatic rings. The summed E-state index contributed by atoms with van der Waals surface area (Å²) in [7, 11) is 0.